The van der Waals surface area contributed by atoms with Crippen LogP contribution in [0.15, 0.2) is 34.9 Å². The first-order valence-electron chi connectivity index (χ1n) is 4.82. The molecule has 0 unspecified atom stereocenters. The minimum atomic E-state index is -0.158. The summed E-state index contributed by atoms with van der Waals surface area (Å²) in [5.74, 6) is 0.391. The highest BCUT2D eigenvalue weighted by molar-refractivity contribution is 14.1. The molecule has 0 spiro atoms. The monoisotopic (exact) mass is 405 g/mol. The second-order valence-electron chi connectivity index (χ2n) is 3.45. The number of anilines is 1. The number of carbonyl (C=O) groups is 1. The molecule has 1 amide bonds. The molecule has 1 N–H and O–H groups in total. The Morgan fingerprint density at radius 2 is 2.24 bits per heavy atom. The van der Waals surface area contributed by atoms with E-state index in [9.17, 15) is 4.79 Å². The third-order valence-corrected chi connectivity index (χ3v) is 3.56. The van der Waals surface area contributed by atoms with Crippen LogP contribution < -0.4 is 5.32 Å². The molecule has 88 valence electrons. The summed E-state index contributed by atoms with van der Waals surface area (Å²) in [5.41, 5.74) is 0.630. The van der Waals surface area contributed by atoms with Crippen molar-refractivity contribution in [3.05, 3.63) is 44.1 Å². The van der Waals surface area contributed by atoms with Crippen molar-refractivity contribution in [1.82, 2.24) is 9.78 Å². The Morgan fingerprint density at radius 3 is 2.88 bits per heavy atom. The minimum absolute atomic E-state index is 0.158. The van der Waals surface area contributed by atoms with Gasteiger partial charge in [0.1, 0.15) is 0 Å². The number of benzene rings is 1. The predicted molar refractivity (Wildman–Crippen MR) is 78.0 cm³/mol. The van der Waals surface area contributed by atoms with Gasteiger partial charge in [0.15, 0.2) is 5.82 Å². The highest BCUT2D eigenvalue weighted by atomic mass is 127. The van der Waals surface area contributed by atoms with Gasteiger partial charge in [-0.1, -0.05) is 15.9 Å². The molecule has 0 saturated heterocycles. The molecular weight excluding hydrogens is 397 g/mol. The number of halogens is 2. The van der Waals surface area contributed by atoms with Gasteiger partial charge in [-0.25, -0.2) is 0 Å². The fraction of sp³-hybridized carbons (Fsp3) is 0.0909. The second-order valence-corrected chi connectivity index (χ2v) is 5.53. The number of rotatable bonds is 2. The van der Waals surface area contributed by atoms with Crippen molar-refractivity contribution in [1.29, 1.82) is 0 Å². The topological polar surface area (TPSA) is 46.9 Å². The Bertz CT molecular complexity index is 568. The zero-order valence-corrected chi connectivity index (χ0v) is 12.7. The summed E-state index contributed by atoms with van der Waals surface area (Å²) < 4.78 is 3.42. The smallest absolute Gasteiger partial charge is 0.257 e. The van der Waals surface area contributed by atoms with E-state index in [-0.39, 0.29) is 5.91 Å². The predicted octanol–water partition coefficient (Wildman–Crippen LogP) is 3.04. The number of aryl methyl sites for hydroxylation is 1. The normalized spacial score (nSPS) is 10.3. The quantitative estimate of drug-likeness (QED) is 0.780. The number of nitrogens with zero attached hydrogens (tertiary/aromatic N) is 2. The van der Waals surface area contributed by atoms with Crippen LogP contribution in [0.25, 0.3) is 0 Å². The molecule has 6 heteroatoms. The first kappa shape index (κ1) is 12.6. The molecule has 1 heterocycles. The summed E-state index contributed by atoms with van der Waals surface area (Å²) in [6.45, 7) is 0. The van der Waals surface area contributed by atoms with E-state index >= 15 is 0 Å². The van der Waals surface area contributed by atoms with Crippen LogP contribution in [0.2, 0.25) is 0 Å². The molecule has 0 radical (unpaired) electrons. The fourth-order valence-corrected chi connectivity index (χ4v) is 2.28. The molecule has 0 aliphatic rings. The third kappa shape index (κ3) is 3.06. The summed E-state index contributed by atoms with van der Waals surface area (Å²) in [7, 11) is 1.80. The Balaban J connectivity index is 2.22. The standard InChI is InChI=1S/C11H9BrIN3O/c1-16-5-4-10(15-16)14-11(17)8-6-7(12)2-3-9(8)13/h2-6H,1H3,(H,14,15,17). The van der Waals surface area contributed by atoms with Gasteiger partial charge in [0.05, 0.1) is 5.56 Å². The van der Waals surface area contributed by atoms with E-state index in [1.165, 1.54) is 0 Å². The second kappa shape index (κ2) is 5.18. The van der Waals surface area contributed by atoms with Crippen molar-refractivity contribution in [2.45, 2.75) is 0 Å². The number of aromatic nitrogens is 2. The highest BCUT2D eigenvalue weighted by Gasteiger charge is 2.11. The van der Waals surface area contributed by atoms with Crippen molar-refractivity contribution in [3.63, 3.8) is 0 Å². The van der Waals surface area contributed by atoms with Crippen molar-refractivity contribution in [2.75, 3.05) is 5.32 Å². The summed E-state index contributed by atoms with van der Waals surface area (Å²) in [6, 6.07) is 7.33. The van der Waals surface area contributed by atoms with E-state index in [0.717, 1.165) is 8.04 Å². The van der Waals surface area contributed by atoms with Gasteiger partial charge >= 0.3 is 0 Å². The first-order valence-corrected chi connectivity index (χ1v) is 6.69. The van der Waals surface area contributed by atoms with Crippen LogP contribution in [0.5, 0.6) is 0 Å². The minimum Gasteiger partial charge on any atom is -0.305 e. The van der Waals surface area contributed by atoms with Crippen LogP contribution in [0.4, 0.5) is 5.82 Å². The highest BCUT2D eigenvalue weighted by Crippen LogP contribution is 2.19. The van der Waals surface area contributed by atoms with Gasteiger partial charge in [-0.05, 0) is 40.8 Å². The fourth-order valence-electron chi connectivity index (χ4n) is 1.34. The van der Waals surface area contributed by atoms with Crippen molar-refractivity contribution in [2.24, 2.45) is 7.05 Å². The summed E-state index contributed by atoms with van der Waals surface area (Å²) in [4.78, 5) is 12.0. The van der Waals surface area contributed by atoms with E-state index in [1.54, 1.807) is 30.1 Å². The maximum absolute atomic E-state index is 12.0. The first-order chi connectivity index (χ1) is 8.06. The Kier molecular flexibility index (Phi) is 3.82. The largest absolute Gasteiger partial charge is 0.305 e. The molecule has 0 aliphatic heterocycles. The van der Waals surface area contributed by atoms with Gasteiger partial charge in [-0.15, -0.1) is 0 Å². The van der Waals surface area contributed by atoms with Gasteiger partial charge in [0.25, 0.3) is 5.91 Å². The van der Waals surface area contributed by atoms with Gasteiger partial charge in [0.2, 0.25) is 0 Å². The SMILES string of the molecule is Cn1ccc(NC(=O)c2cc(Br)ccc2I)n1. The van der Waals surface area contributed by atoms with Crippen molar-refractivity contribution >= 4 is 50.2 Å². The number of hydrogen-bond acceptors (Lipinski definition) is 2. The molecule has 2 aromatic rings. The maximum Gasteiger partial charge on any atom is 0.257 e. The molecule has 17 heavy (non-hydrogen) atoms. The van der Waals surface area contributed by atoms with Gasteiger partial charge in [0, 0.05) is 27.4 Å². The van der Waals surface area contributed by atoms with E-state index in [2.05, 4.69) is 48.9 Å². The Labute approximate surface area is 121 Å². The van der Waals surface area contributed by atoms with Gasteiger partial charge in [-0.3, -0.25) is 9.48 Å². The number of carbonyl (C=O) groups excluding carboxylic acids is 1. The van der Waals surface area contributed by atoms with Gasteiger partial charge in [-0.2, -0.15) is 5.10 Å². The Morgan fingerprint density at radius 1 is 1.47 bits per heavy atom. The van der Waals surface area contributed by atoms with Crippen LogP contribution in [-0.2, 0) is 7.05 Å². The van der Waals surface area contributed by atoms with Gasteiger partial charge < -0.3 is 5.32 Å². The molecule has 1 aromatic carbocycles. The lowest BCUT2D eigenvalue weighted by Crippen LogP contribution is -2.14. The molecule has 0 fully saturated rings. The van der Waals surface area contributed by atoms with Crippen LogP contribution in [0.1, 0.15) is 10.4 Å². The van der Waals surface area contributed by atoms with Crippen molar-refractivity contribution in [3.8, 4) is 0 Å². The van der Waals surface area contributed by atoms with E-state index in [4.69, 9.17) is 0 Å². The lowest BCUT2D eigenvalue weighted by Gasteiger charge is -2.05. The average Bonchev–Trinajstić information content (AvgIpc) is 2.67. The number of nitrogens with one attached hydrogen (secondary N) is 1. The molecule has 1 aromatic heterocycles. The Hall–Kier alpha value is -0.890. The molecule has 0 atom stereocenters. The average molecular weight is 406 g/mol. The van der Waals surface area contributed by atoms with Crippen LogP contribution in [0.3, 0.4) is 0 Å². The summed E-state index contributed by atoms with van der Waals surface area (Å²) in [5, 5.41) is 6.85. The van der Waals surface area contributed by atoms with E-state index in [0.29, 0.717) is 11.4 Å². The summed E-state index contributed by atoms with van der Waals surface area (Å²) in [6.07, 6.45) is 1.78. The number of hydrogen-bond donors (Lipinski definition) is 1. The molecule has 0 aliphatic carbocycles. The van der Waals surface area contributed by atoms with E-state index in [1.807, 2.05) is 12.1 Å². The molecule has 0 bridgehead atoms. The van der Waals surface area contributed by atoms with Crippen LogP contribution in [0, 0.1) is 3.57 Å². The molecule has 0 saturated carbocycles. The lowest BCUT2D eigenvalue weighted by molar-refractivity contribution is 0.102. The van der Waals surface area contributed by atoms with Crippen LogP contribution >= 0.6 is 38.5 Å². The zero-order valence-electron chi connectivity index (χ0n) is 8.95. The van der Waals surface area contributed by atoms with Crippen molar-refractivity contribution < 1.29 is 4.79 Å². The zero-order chi connectivity index (χ0) is 12.4. The maximum atomic E-state index is 12.0. The summed E-state index contributed by atoms with van der Waals surface area (Å²) >= 11 is 5.48. The van der Waals surface area contributed by atoms with E-state index < -0.39 is 0 Å². The third-order valence-electron chi connectivity index (χ3n) is 2.13. The lowest BCUT2D eigenvalue weighted by atomic mass is 10.2. The molecule has 2 rings (SSSR count). The molecular formula is C11H9BrIN3O. The number of amides is 1. The molecule has 4 nitrogen and oxygen atoms in total. The van der Waals surface area contributed by atoms with Crippen LogP contribution in [-0.4, -0.2) is 15.7 Å².